The van der Waals surface area contributed by atoms with E-state index in [0.29, 0.717) is 6.54 Å². The van der Waals surface area contributed by atoms with Crippen LogP contribution in [0, 0.1) is 5.92 Å². The zero-order valence-corrected chi connectivity index (χ0v) is 11.6. The highest BCUT2D eigenvalue weighted by atomic mass is 16.1. The van der Waals surface area contributed by atoms with Crippen LogP contribution in [0.15, 0.2) is 0 Å². The van der Waals surface area contributed by atoms with E-state index in [2.05, 4.69) is 19.2 Å². The zero-order valence-electron chi connectivity index (χ0n) is 11.6. The second kappa shape index (κ2) is 11.9. The highest BCUT2D eigenvalue weighted by Crippen LogP contribution is 2.06. The summed E-state index contributed by atoms with van der Waals surface area (Å²) in [6, 6.07) is 0. The summed E-state index contributed by atoms with van der Waals surface area (Å²) in [5, 5.41) is 2.99. The van der Waals surface area contributed by atoms with Gasteiger partial charge in [-0.05, 0) is 12.8 Å². The number of hydrogen-bond donors (Lipinski definition) is 2. The van der Waals surface area contributed by atoms with Crippen molar-refractivity contribution < 1.29 is 4.79 Å². The van der Waals surface area contributed by atoms with E-state index in [-0.39, 0.29) is 11.8 Å². The van der Waals surface area contributed by atoms with E-state index in [1.54, 1.807) is 0 Å². The molecule has 0 bridgehead atoms. The van der Waals surface area contributed by atoms with E-state index in [1.165, 1.54) is 32.1 Å². The zero-order chi connectivity index (χ0) is 12.9. The Balaban J connectivity index is 3.43. The van der Waals surface area contributed by atoms with Crippen molar-refractivity contribution in [2.24, 2.45) is 11.7 Å². The predicted octanol–water partition coefficient (Wildman–Crippen LogP) is 2.84. The van der Waals surface area contributed by atoms with Crippen LogP contribution < -0.4 is 11.1 Å². The number of amides is 1. The molecule has 0 aliphatic heterocycles. The summed E-state index contributed by atoms with van der Waals surface area (Å²) in [7, 11) is 0. The largest absolute Gasteiger partial charge is 0.356 e. The van der Waals surface area contributed by atoms with Gasteiger partial charge < -0.3 is 11.1 Å². The molecule has 0 fully saturated rings. The predicted molar refractivity (Wildman–Crippen MR) is 73.8 cm³/mol. The van der Waals surface area contributed by atoms with Crippen molar-refractivity contribution >= 4 is 5.91 Å². The molecule has 0 aromatic heterocycles. The monoisotopic (exact) mass is 242 g/mol. The third-order valence-electron chi connectivity index (χ3n) is 3.12. The third kappa shape index (κ3) is 9.16. The van der Waals surface area contributed by atoms with Gasteiger partial charge in [0.05, 0.1) is 5.92 Å². The van der Waals surface area contributed by atoms with Gasteiger partial charge in [0.1, 0.15) is 0 Å². The highest BCUT2D eigenvalue weighted by molar-refractivity contribution is 5.78. The quantitative estimate of drug-likeness (QED) is 0.547. The van der Waals surface area contributed by atoms with Crippen molar-refractivity contribution in [3.8, 4) is 0 Å². The summed E-state index contributed by atoms with van der Waals surface area (Å²) in [5.74, 6) is 0.156. The molecule has 0 saturated carbocycles. The van der Waals surface area contributed by atoms with Crippen molar-refractivity contribution in [3.63, 3.8) is 0 Å². The fourth-order valence-electron chi connectivity index (χ4n) is 1.97. The van der Waals surface area contributed by atoms with Crippen LogP contribution in [-0.4, -0.2) is 19.0 Å². The van der Waals surface area contributed by atoms with Crippen molar-refractivity contribution in [1.82, 2.24) is 5.32 Å². The molecule has 0 rings (SSSR count). The second-order valence-electron chi connectivity index (χ2n) is 4.78. The average Bonchev–Trinajstić information content (AvgIpc) is 2.34. The molecule has 0 radical (unpaired) electrons. The number of unbranched alkanes of at least 4 members (excludes halogenated alkanes) is 5. The summed E-state index contributed by atoms with van der Waals surface area (Å²) in [4.78, 5) is 11.7. The molecule has 0 aromatic carbocycles. The molecule has 0 aliphatic carbocycles. The molecule has 0 heterocycles. The van der Waals surface area contributed by atoms with Gasteiger partial charge in [-0.15, -0.1) is 0 Å². The first kappa shape index (κ1) is 16.4. The normalized spacial score (nSPS) is 12.4. The Labute approximate surface area is 107 Å². The summed E-state index contributed by atoms with van der Waals surface area (Å²) in [5.41, 5.74) is 5.58. The summed E-state index contributed by atoms with van der Waals surface area (Å²) >= 11 is 0. The number of nitrogens with two attached hydrogens (primary N) is 1. The maximum Gasteiger partial charge on any atom is 0.224 e. The molecule has 0 spiro atoms. The Morgan fingerprint density at radius 3 is 2.29 bits per heavy atom. The number of carbonyl (C=O) groups is 1. The Morgan fingerprint density at radius 1 is 1.06 bits per heavy atom. The molecule has 102 valence electrons. The van der Waals surface area contributed by atoms with Gasteiger partial charge >= 0.3 is 0 Å². The van der Waals surface area contributed by atoms with Gasteiger partial charge in [-0.3, -0.25) is 4.79 Å². The molecule has 1 atom stereocenters. The van der Waals surface area contributed by atoms with E-state index in [0.717, 1.165) is 25.8 Å². The molecule has 3 N–H and O–H groups in total. The van der Waals surface area contributed by atoms with Crippen LogP contribution in [0.3, 0.4) is 0 Å². The minimum absolute atomic E-state index is 0.0140. The number of hydrogen-bond acceptors (Lipinski definition) is 2. The summed E-state index contributed by atoms with van der Waals surface area (Å²) < 4.78 is 0. The fraction of sp³-hybridized carbons (Fsp3) is 0.929. The Kier molecular flexibility index (Phi) is 11.5. The summed E-state index contributed by atoms with van der Waals surface area (Å²) in [6.45, 7) is 5.59. The average molecular weight is 242 g/mol. The van der Waals surface area contributed by atoms with Crippen LogP contribution in [0.1, 0.15) is 65.2 Å². The maximum atomic E-state index is 11.7. The SMILES string of the molecule is CCCCCCCCNC(=O)C(CN)CCC. The van der Waals surface area contributed by atoms with Crippen molar-refractivity contribution in [2.45, 2.75) is 65.2 Å². The van der Waals surface area contributed by atoms with Gasteiger partial charge in [0.2, 0.25) is 5.91 Å². The molecular formula is C14H30N2O. The third-order valence-corrected chi connectivity index (χ3v) is 3.12. The fourth-order valence-corrected chi connectivity index (χ4v) is 1.97. The molecule has 1 unspecified atom stereocenters. The van der Waals surface area contributed by atoms with Gasteiger partial charge in [-0.25, -0.2) is 0 Å². The number of carbonyl (C=O) groups excluding carboxylic acids is 1. The van der Waals surface area contributed by atoms with E-state index in [9.17, 15) is 4.79 Å². The topological polar surface area (TPSA) is 55.1 Å². The lowest BCUT2D eigenvalue weighted by atomic mass is 10.0. The lowest BCUT2D eigenvalue weighted by molar-refractivity contribution is -0.124. The minimum atomic E-state index is 0.0140. The molecule has 0 aliphatic rings. The lowest BCUT2D eigenvalue weighted by Crippen LogP contribution is -2.35. The van der Waals surface area contributed by atoms with Gasteiger partial charge in [-0.1, -0.05) is 52.4 Å². The van der Waals surface area contributed by atoms with Crippen LogP contribution in [0.2, 0.25) is 0 Å². The molecule has 0 aromatic rings. The van der Waals surface area contributed by atoms with E-state index >= 15 is 0 Å². The molecule has 0 saturated heterocycles. The van der Waals surface area contributed by atoms with Crippen LogP contribution in [0.5, 0.6) is 0 Å². The Bertz CT molecular complexity index is 183. The first-order valence-corrected chi connectivity index (χ1v) is 7.24. The van der Waals surface area contributed by atoms with Crippen LogP contribution in [-0.2, 0) is 4.79 Å². The molecular weight excluding hydrogens is 212 g/mol. The summed E-state index contributed by atoms with van der Waals surface area (Å²) in [6.07, 6.45) is 9.47. The maximum absolute atomic E-state index is 11.7. The van der Waals surface area contributed by atoms with Crippen LogP contribution >= 0.6 is 0 Å². The van der Waals surface area contributed by atoms with Gasteiger partial charge in [0.25, 0.3) is 0 Å². The standard InChI is InChI=1S/C14H30N2O/c1-3-5-6-7-8-9-11-16-14(17)13(12-15)10-4-2/h13H,3-12,15H2,1-2H3,(H,16,17). The first-order chi connectivity index (χ1) is 8.26. The van der Waals surface area contributed by atoms with Crippen LogP contribution in [0.4, 0.5) is 0 Å². The van der Waals surface area contributed by atoms with Crippen molar-refractivity contribution in [1.29, 1.82) is 0 Å². The first-order valence-electron chi connectivity index (χ1n) is 7.24. The van der Waals surface area contributed by atoms with Crippen LogP contribution in [0.25, 0.3) is 0 Å². The van der Waals surface area contributed by atoms with Crippen molar-refractivity contribution in [2.75, 3.05) is 13.1 Å². The van der Waals surface area contributed by atoms with Gasteiger partial charge in [0, 0.05) is 13.1 Å². The van der Waals surface area contributed by atoms with E-state index in [4.69, 9.17) is 5.73 Å². The Hall–Kier alpha value is -0.570. The van der Waals surface area contributed by atoms with Gasteiger partial charge in [0.15, 0.2) is 0 Å². The van der Waals surface area contributed by atoms with Crippen molar-refractivity contribution in [3.05, 3.63) is 0 Å². The molecule has 3 nitrogen and oxygen atoms in total. The minimum Gasteiger partial charge on any atom is -0.356 e. The lowest BCUT2D eigenvalue weighted by Gasteiger charge is -2.13. The highest BCUT2D eigenvalue weighted by Gasteiger charge is 2.14. The smallest absolute Gasteiger partial charge is 0.224 e. The molecule has 17 heavy (non-hydrogen) atoms. The van der Waals surface area contributed by atoms with Gasteiger partial charge in [-0.2, -0.15) is 0 Å². The van der Waals surface area contributed by atoms with E-state index in [1.807, 2.05) is 0 Å². The van der Waals surface area contributed by atoms with E-state index < -0.39 is 0 Å². The molecule has 1 amide bonds. The Morgan fingerprint density at radius 2 is 1.71 bits per heavy atom. The molecule has 3 heteroatoms. The number of rotatable bonds is 11. The second-order valence-corrected chi connectivity index (χ2v) is 4.78. The number of nitrogens with one attached hydrogen (secondary N) is 1.